The van der Waals surface area contributed by atoms with Gasteiger partial charge in [-0.2, -0.15) is 0 Å². The zero-order chi connectivity index (χ0) is 20.1. The van der Waals surface area contributed by atoms with E-state index in [9.17, 15) is 4.79 Å². The van der Waals surface area contributed by atoms with Crippen LogP contribution in [0.2, 0.25) is 5.02 Å². The Labute approximate surface area is 170 Å². The van der Waals surface area contributed by atoms with E-state index in [1.807, 2.05) is 36.4 Å². The molecule has 4 heteroatoms. The van der Waals surface area contributed by atoms with Gasteiger partial charge in [-0.15, -0.1) is 0 Å². The van der Waals surface area contributed by atoms with Gasteiger partial charge in [-0.05, 0) is 65.1 Å². The summed E-state index contributed by atoms with van der Waals surface area (Å²) >= 11 is 5.87. The second-order valence-corrected chi connectivity index (χ2v) is 7.96. The number of carbonyl (C=O) groups excluding carboxylic acids is 1. The molecule has 0 bridgehead atoms. The number of ether oxygens (including phenoxy) is 1. The monoisotopic (exact) mass is 391 g/mol. The molecule has 0 amide bonds. The lowest BCUT2D eigenvalue weighted by Crippen LogP contribution is -2.12. The minimum atomic E-state index is -0.377. The number of benzene rings is 3. The summed E-state index contributed by atoms with van der Waals surface area (Å²) in [7, 11) is 0. The largest absolute Gasteiger partial charge is 0.423 e. The second-order valence-electron chi connectivity index (χ2n) is 7.52. The number of carbonyl (C=O) groups is 1. The van der Waals surface area contributed by atoms with Crippen molar-refractivity contribution in [1.29, 1.82) is 0 Å². The van der Waals surface area contributed by atoms with Gasteiger partial charge in [0.15, 0.2) is 0 Å². The first-order chi connectivity index (χ1) is 13.3. The molecule has 0 aliphatic carbocycles. The van der Waals surface area contributed by atoms with Gasteiger partial charge < -0.3 is 4.74 Å². The highest BCUT2D eigenvalue weighted by Crippen LogP contribution is 2.23. The molecule has 0 saturated carbocycles. The van der Waals surface area contributed by atoms with Gasteiger partial charge >= 0.3 is 5.97 Å². The van der Waals surface area contributed by atoms with Crippen LogP contribution in [-0.2, 0) is 5.41 Å². The quantitative estimate of drug-likeness (QED) is 0.285. The SMILES string of the molecule is CC(C)(C)c1ccc(C(=O)Oc2ccc(/N=C/c3ccc(Cl)cc3)cc2)cc1. The van der Waals surface area contributed by atoms with Crippen molar-refractivity contribution < 1.29 is 9.53 Å². The Morgan fingerprint density at radius 1 is 0.893 bits per heavy atom. The molecule has 0 radical (unpaired) electrons. The second kappa shape index (κ2) is 8.41. The van der Waals surface area contributed by atoms with Gasteiger partial charge in [-0.1, -0.05) is 56.6 Å². The molecular weight excluding hydrogens is 370 g/mol. The fourth-order valence-corrected chi connectivity index (χ4v) is 2.70. The maximum Gasteiger partial charge on any atom is 0.343 e. The van der Waals surface area contributed by atoms with Crippen LogP contribution < -0.4 is 4.74 Å². The van der Waals surface area contributed by atoms with Crippen molar-refractivity contribution in [3.8, 4) is 5.75 Å². The van der Waals surface area contributed by atoms with Crippen LogP contribution in [-0.4, -0.2) is 12.2 Å². The molecule has 142 valence electrons. The van der Waals surface area contributed by atoms with Crippen molar-refractivity contribution in [1.82, 2.24) is 0 Å². The van der Waals surface area contributed by atoms with E-state index >= 15 is 0 Å². The highest BCUT2D eigenvalue weighted by atomic mass is 35.5. The summed E-state index contributed by atoms with van der Waals surface area (Å²) in [5.41, 5.74) is 3.47. The highest BCUT2D eigenvalue weighted by Gasteiger charge is 2.15. The van der Waals surface area contributed by atoms with Crippen molar-refractivity contribution in [3.63, 3.8) is 0 Å². The number of esters is 1. The van der Waals surface area contributed by atoms with Gasteiger partial charge in [0.2, 0.25) is 0 Å². The Hall–Kier alpha value is -2.91. The summed E-state index contributed by atoms with van der Waals surface area (Å²) in [6.07, 6.45) is 1.76. The van der Waals surface area contributed by atoms with Crippen molar-refractivity contribution in [3.05, 3.63) is 94.5 Å². The third-order valence-corrected chi connectivity index (χ3v) is 4.52. The fourth-order valence-electron chi connectivity index (χ4n) is 2.57. The summed E-state index contributed by atoms with van der Waals surface area (Å²) in [5.74, 6) is 0.105. The minimum Gasteiger partial charge on any atom is -0.423 e. The molecule has 0 spiro atoms. The molecule has 0 aromatic heterocycles. The average Bonchev–Trinajstić information content (AvgIpc) is 2.68. The normalized spacial score (nSPS) is 11.6. The molecule has 28 heavy (non-hydrogen) atoms. The predicted octanol–water partition coefficient (Wildman–Crippen LogP) is 6.61. The predicted molar refractivity (Wildman–Crippen MR) is 115 cm³/mol. The summed E-state index contributed by atoms with van der Waals surface area (Å²) in [6, 6.07) is 22.0. The lowest BCUT2D eigenvalue weighted by molar-refractivity contribution is 0.0734. The molecule has 0 atom stereocenters. The number of halogens is 1. The van der Waals surface area contributed by atoms with Crippen molar-refractivity contribution in [2.24, 2.45) is 4.99 Å². The number of rotatable bonds is 4. The van der Waals surface area contributed by atoms with E-state index in [2.05, 4.69) is 25.8 Å². The number of aliphatic imine (C=N–C) groups is 1. The van der Waals surface area contributed by atoms with E-state index < -0.39 is 0 Å². The van der Waals surface area contributed by atoms with Gasteiger partial charge in [-0.3, -0.25) is 4.99 Å². The lowest BCUT2D eigenvalue weighted by atomic mass is 9.87. The van der Waals surface area contributed by atoms with Crippen LogP contribution in [0.3, 0.4) is 0 Å². The van der Waals surface area contributed by atoms with E-state index in [1.165, 1.54) is 5.56 Å². The number of hydrogen-bond acceptors (Lipinski definition) is 3. The molecule has 0 aliphatic rings. The van der Waals surface area contributed by atoms with Gasteiger partial charge in [0.25, 0.3) is 0 Å². The molecule has 0 unspecified atom stereocenters. The molecule has 3 rings (SSSR count). The Kier molecular flexibility index (Phi) is 5.96. The van der Waals surface area contributed by atoms with Gasteiger partial charge in [-0.25, -0.2) is 4.79 Å². The van der Waals surface area contributed by atoms with Crippen LogP contribution >= 0.6 is 11.6 Å². The maximum absolute atomic E-state index is 12.3. The third kappa shape index (κ3) is 5.30. The van der Waals surface area contributed by atoms with Crippen LogP contribution in [0, 0.1) is 0 Å². The van der Waals surface area contributed by atoms with E-state index in [-0.39, 0.29) is 11.4 Å². The van der Waals surface area contributed by atoms with Crippen LogP contribution in [0.25, 0.3) is 0 Å². The summed E-state index contributed by atoms with van der Waals surface area (Å²) in [5, 5.41) is 0.691. The summed E-state index contributed by atoms with van der Waals surface area (Å²) < 4.78 is 5.45. The lowest BCUT2D eigenvalue weighted by Gasteiger charge is -2.18. The molecule has 3 aromatic rings. The molecule has 0 aliphatic heterocycles. The number of nitrogens with zero attached hydrogens (tertiary/aromatic N) is 1. The van der Waals surface area contributed by atoms with Crippen LogP contribution in [0.4, 0.5) is 5.69 Å². The van der Waals surface area contributed by atoms with Crippen LogP contribution in [0.1, 0.15) is 42.3 Å². The van der Waals surface area contributed by atoms with Gasteiger partial charge in [0, 0.05) is 11.2 Å². The third-order valence-electron chi connectivity index (χ3n) is 4.27. The Morgan fingerprint density at radius 3 is 2.07 bits per heavy atom. The fraction of sp³-hybridized carbons (Fsp3) is 0.167. The van der Waals surface area contributed by atoms with E-state index in [0.29, 0.717) is 16.3 Å². The van der Waals surface area contributed by atoms with Crippen molar-refractivity contribution in [2.75, 3.05) is 0 Å². The molecule has 0 N–H and O–H groups in total. The van der Waals surface area contributed by atoms with Crippen molar-refractivity contribution in [2.45, 2.75) is 26.2 Å². The first-order valence-electron chi connectivity index (χ1n) is 9.04. The molecule has 0 fully saturated rings. The standard InChI is InChI=1S/C24H22ClNO2/c1-24(2,3)19-8-6-18(7-9-19)23(27)28-22-14-12-21(13-15-22)26-16-17-4-10-20(25)11-5-17/h4-16H,1-3H3/b26-16+. The topological polar surface area (TPSA) is 38.7 Å². The Balaban J connectivity index is 1.63. The zero-order valence-corrected chi connectivity index (χ0v) is 16.9. The highest BCUT2D eigenvalue weighted by molar-refractivity contribution is 6.30. The van der Waals surface area contributed by atoms with E-state index in [4.69, 9.17) is 16.3 Å². The summed E-state index contributed by atoms with van der Waals surface area (Å²) in [6.45, 7) is 6.41. The smallest absolute Gasteiger partial charge is 0.343 e. The molecule has 3 nitrogen and oxygen atoms in total. The van der Waals surface area contributed by atoms with Crippen LogP contribution in [0.15, 0.2) is 77.8 Å². The summed E-state index contributed by atoms with van der Waals surface area (Å²) in [4.78, 5) is 16.7. The van der Waals surface area contributed by atoms with Gasteiger partial charge in [0.05, 0.1) is 11.3 Å². The first kappa shape index (κ1) is 19.8. The average molecular weight is 392 g/mol. The molecule has 3 aromatic carbocycles. The minimum absolute atomic E-state index is 0.0464. The van der Waals surface area contributed by atoms with E-state index in [1.54, 1.807) is 42.6 Å². The molecule has 0 heterocycles. The molecular formula is C24H22ClNO2. The van der Waals surface area contributed by atoms with Crippen LogP contribution in [0.5, 0.6) is 5.75 Å². The zero-order valence-electron chi connectivity index (χ0n) is 16.1. The van der Waals surface area contributed by atoms with E-state index in [0.717, 1.165) is 11.3 Å². The van der Waals surface area contributed by atoms with Crippen molar-refractivity contribution >= 4 is 29.5 Å². The molecule has 0 saturated heterocycles. The van der Waals surface area contributed by atoms with Gasteiger partial charge in [0.1, 0.15) is 5.75 Å². The maximum atomic E-state index is 12.3. The first-order valence-corrected chi connectivity index (χ1v) is 9.41. The Morgan fingerprint density at radius 2 is 1.50 bits per heavy atom. The number of hydrogen-bond donors (Lipinski definition) is 0. The Bertz CT molecular complexity index is 967.